The van der Waals surface area contributed by atoms with E-state index in [9.17, 15) is 13.2 Å². The van der Waals surface area contributed by atoms with Crippen LogP contribution in [0.1, 0.15) is 5.56 Å². The van der Waals surface area contributed by atoms with E-state index in [0.717, 1.165) is 0 Å². The molecule has 0 bridgehead atoms. The fourth-order valence-corrected chi connectivity index (χ4v) is 2.78. The Morgan fingerprint density at radius 3 is 2.56 bits per heavy atom. The summed E-state index contributed by atoms with van der Waals surface area (Å²) in [6.07, 6.45) is 0. The van der Waals surface area contributed by atoms with Crippen molar-refractivity contribution in [2.75, 3.05) is 5.75 Å². The summed E-state index contributed by atoms with van der Waals surface area (Å²) in [5.74, 6) is -1.76. The molecule has 0 unspecified atom stereocenters. The zero-order valence-corrected chi connectivity index (χ0v) is 9.55. The molecule has 1 amide bonds. The van der Waals surface area contributed by atoms with Crippen molar-refractivity contribution in [1.82, 2.24) is 0 Å². The van der Waals surface area contributed by atoms with Crippen molar-refractivity contribution in [3.63, 3.8) is 0 Å². The van der Waals surface area contributed by atoms with E-state index in [1.807, 2.05) is 6.07 Å². The molecule has 0 aliphatic rings. The Labute approximate surface area is 97.3 Å². The molecule has 0 spiro atoms. The van der Waals surface area contributed by atoms with E-state index in [1.165, 1.54) is 18.2 Å². The number of primary amides is 1. The molecule has 5 nitrogen and oxygen atoms in total. The van der Waals surface area contributed by atoms with Crippen LogP contribution in [0.25, 0.3) is 0 Å². The van der Waals surface area contributed by atoms with Crippen molar-refractivity contribution in [2.45, 2.75) is 4.90 Å². The number of halogens is 1. The molecule has 0 aromatic heterocycles. The number of rotatable bonds is 3. The van der Waals surface area contributed by atoms with Crippen molar-refractivity contribution in [2.24, 2.45) is 5.73 Å². The lowest BCUT2D eigenvalue weighted by Crippen LogP contribution is -2.23. The van der Waals surface area contributed by atoms with Gasteiger partial charge in [-0.1, -0.05) is 11.6 Å². The fourth-order valence-electron chi connectivity index (χ4n) is 1.09. The second kappa shape index (κ2) is 4.51. The van der Waals surface area contributed by atoms with Crippen molar-refractivity contribution in [3.8, 4) is 6.07 Å². The van der Waals surface area contributed by atoms with Crippen LogP contribution in [0.15, 0.2) is 23.1 Å². The Kier molecular flexibility index (Phi) is 3.52. The lowest BCUT2D eigenvalue weighted by molar-refractivity contribution is -0.115. The number of carbonyl (C=O) groups is 1. The number of nitriles is 1. The first-order valence-electron chi connectivity index (χ1n) is 4.07. The third-order valence-corrected chi connectivity index (χ3v) is 3.84. The highest BCUT2D eigenvalue weighted by Crippen LogP contribution is 2.23. The van der Waals surface area contributed by atoms with Gasteiger partial charge in [0.15, 0.2) is 9.84 Å². The number of hydrogen-bond donors (Lipinski definition) is 1. The summed E-state index contributed by atoms with van der Waals surface area (Å²) in [5, 5.41) is 8.47. The minimum Gasteiger partial charge on any atom is -0.369 e. The summed E-state index contributed by atoms with van der Waals surface area (Å²) >= 11 is 5.69. The Morgan fingerprint density at radius 2 is 2.12 bits per heavy atom. The number of carbonyl (C=O) groups excluding carboxylic acids is 1. The predicted octanol–water partition coefficient (Wildman–Crippen LogP) is 0.471. The molecule has 2 N–H and O–H groups in total. The second-order valence-corrected chi connectivity index (χ2v) is 5.35. The van der Waals surface area contributed by atoms with Gasteiger partial charge in [0.25, 0.3) is 0 Å². The summed E-state index contributed by atoms with van der Waals surface area (Å²) in [7, 11) is -3.83. The molecule has 84 valence electrons. The lowest BCUT2D eigenvalue weighted by atomic mass is 10.2. The molecule has 0 aliphatic heterocycles. The maximum atomic E-state index is 11.6. The first-order chi connectivity index (χ1) is 7.36. The number of benzene rings is 1. The van der Waals surface area contributed by atoms with Crippen molar-refractivity contribution >= 4 is 27.3 Å². The fraction of sp³-hybridized carbons (Fsp3) is 0.111. The standard InChI is InChI=1S/C9H7ClN2O3S/c10-7-3-6(4-11)1-2-8(7)16(14,15)5-9(12)13/h1-3H,5H2,(H2,12,13). The van der Waals surface area contributed by atoms with Gasteiger partial charge in [-0.15, -0.1) is 0 Å². The zero-order chi connectivity index (χ0) is 12.3. The molecule has 1 aromatic rings. The monoisotopic (exact) mass is 258 g/mol. The smallest absolute Gasteiger partial charge is 0.233 e. The van der Waals surface area contributed by atoms with Gasteiger partial charge in [0.2, 0.25) is 5.91 Å². The van der Waals surface area contributed by atoms with Gasteiger partial charge in [-0.2, -0.15) is 5.26 Å². The van der Waals surface area contributed by atoms with Crippen LogP contribution in [0, 0.1) is 11.3 Å². The topological polar surface area (TPSA) is 101 Å². The van der Waals surface area contributed by atoms with Gasteiger partial charge in [-0.3, -0.25) is 4.79 Å². The summed E-state index contributed by atoms with van der Waals surface area (Å²) in [5.41, 5.74) is 5.05. The Bertz CT molecular complexity index is 575. The number of amides is 1. The number of nitrogens with zero attached hydrogens (tertiary/aromatic N) is 1. The molecular formula is C9H7ClN2O3S. The predicted molar refractivity (Wildman–Crippen MR) is 57.4 cm³/mol. The van der Waals surface area contributed by atoms with Crippen molar-refractivity contribution in [1.29, 1.82) is 5.26 Å². The molecule has 0 atom stereocenters. The van der Waals surface area contributed by atoms with Crippen molar-refractivity contribution in [3.05, 3.63) is 28.8 Å². The van der Waals surface area contributed by atoms with Crippen molar-refractivity contribution < 1.29 is 13.2 Å². The van der Waals surface area contributed by atoms with Gasteiger partial charge in [-0.05, 0) is 18.2 Å². The highest BCUT2D eigenvalue weighted by atomic mass is 35.5. The molecule has 0 saturated heterocycles. The minimum absolute atomic E-state index is 0.0969. The van der Waals surface area contributed by atoms with E-state index >= 15 is 0 Å². The van der Waals surface area contributed by atoms with E-state index in [1.54, 1.807) is 0 Å². The molecule has 0 saturated carbocycles. The first-order valence-corrected chi connectivity index (χ1v) is 6.10. The highest BCUT2D eigenvalue weighted by Gasteiger charge is 2.20. The molecule has 16 heavy (non-hydrogen) atoms. The molecule has 1 rings (SSSR count). The van der Waals surface area contributed by atoms with Crippen LogP contribution < -0.4 is 5.73 Å². The molecule has 0 radical (unpaired) electrons. The quantitative estimate of drug-likeness (QED) is 0.851. The molecule has 0 aliphatic carbocycles. The molecule has 0 heterocycles. The van der Waals surface area contributed by atoms with Gasteiger partial charge >= 0.3 is 0 Å². The first kappa shape index (κ1) is 12.5. The van der Waals surface area contributed by atoms with Gasteiger partial charge in [0, 0.05) is 0 Å². The van der Waals surface area contributed by atoms with E-state index in [2.05, 4.69) is 0 Å². The second-order valence-electron chi connectivity index (χ2n) is 2.98. The lowest BCUT2D eigenvalue weighted by Gasteiger charge is -2.04. The maximum Gasteiger partial charge on any atom is 0.233 e. The number of nitrogens with two attached hydrogens (primary N) is 1. The largest absolute Gasteiger partial charge is 0.369 e. The van der Waals surface area contributed by atoms with Gasteiger partial charge in [-0.25, -0.2) is 8.42 Å². The van der Waals surface area contributed by atoms with E-state index < -0.39 is 21.5 Å². The summed E-state index contributed by atoms with van der Waals surface area (Å²) in [6, 6.07) is 5.52. The van der Waals surface area contributed by atoms with Crippen LogP contribution in [0.5, 0.6) is 0 Å². The number of hydrogen-bond acceptors (Lipinski definition) is 4. The number of sulfone groups is 1. The van der Waals surface area contributed by atoms with Gasteiger partial charge < -0.3 is 5.73 Å². The minimum atomic E-state index is -3.83. The molecule has 1 aromatic carbocycles. The third kappa shape index (κ3) is 2.72. The summed E-state index contributed by atoms with van der Waals surface area (Å²) < 4.78 is 23.2. The van der Waals surface area contributed by atoms with Crippen LogP contribution in [0.2, 0.25) is 5.02 Å². The van der Waals surface area contributed by atoms with E-state index in [-0.39, 0.29) is 15.5 Å². The van der Waals surface area contributed by atoms with Crippen LogP contribution in [0.3, 0.4) is 0 Å². The van der Waals surface area contributed by atoms with Gasteiger partial charge in [0.05, 0.1) is 21.6 Å². The van der Waals surface area contributed by atoms with Crippen LogP contribution in [-0.2, 0) is 14.6 Å². The zero-order valence-electron chi connectivity index (χ0n) is 7.97. The highest BCUT2D eigenvalue weighted by molar-refractivity contribution is 7.92. The van der Waals surface area contributed by atoms with E-state index in [4.69, 9.17) is 22.6 Å². The Morgan fingerprint density at radius 1 is 1.50 bits per heavy atom. The molecular weight excluding hydrogens is 252 g/mol. The summed E-state index contributed by atoms with van der Waals surface area (Å²) in [6.45, 7) is 0. The Balaban J connectivity index is 3.26. The molecule has 7 heteroatoms. The van der Waals surface area contributed by atoms with E-state index in [0.29, 0.717) is 0 Å². The van der Waals surface area contributed by atoms with Crippen LogP contribution in [-0.4, -0.2) is 20.1 Å². The third-order valence-electron chi connectivity index (χ3n) is 1.73. The summed E-state index contributed by atoms with van der Waals surface area (Å²) in [4.78, 5) is 10.4. The average Bonchev–Trinajstić information content (AvgIpc) is 2.14. The normalized spacial score (nSPS) is 10.8. The van der Waals surface area contributed by atoms with Crippen LogP contribution >= 0.6 is 11.6 Å². The maximum absolute atomic E-state index is 11.6. The molecule has 0 fully saturated rings. The SMILES string of the molecule is N#Cc1ccc(S(=O)(=O)CC(N)=O)c(Cl)c1. The average molecular weight is 259 g/mol. The van der Waals surface area contributed by atoms with Crippen LogP contribution in [0.4, 0.5) is 0 Å². The Hall–Kier alpha value is -1.58. The van der Waals surface area contributed by atoms with Gasteiger partial charge in [0.1, 0.15) is 5.75 Å².